The van der Waals surface area contributed by atoms with Gasteiger partial charge in [-0.05, 0) is 41.6 Å². The summed E-state index contributed by atoms with van der Waals surface area (Å²) in [4.78, 5) is 4.82. The number of H-pyrrole nitrogens is 1. The van der Waals surface area contributed by atoms with Gasteiger partial charge in [0.25, 0.3) is 0 Å². The average Bonchev–Trinajstić information content (AvgIpc) is 3.20. The van der Waals surface area contributed by atoms with Crippen LogP contribution in [0.1, 0.15) is 27.5 Å². The lowest BCUT2D eigenvalue weighted by Crippen LogP contribution is -2.00. The van der Waals surface area contributed by atoms with E-state index in [1.807, 2.05) is 11.3 Å². The first-order valence-corrected chi connectivity index (χ1v) is 8.37. The second-order valence-corrected chi connectivity index (χ2v) is 6.63. The fourth-order valence-electron chi connectivity index (χ4n) is 3.09. The third-order valence-corrected chi connectivity index (χ3v) is 5.08. The van der Waals surface area contributed by atoms with Crippen molar-refractivity contribution in [3.8, 4) is 0 Å². The summed E-state index contributed by atoms with van der Waals surface area (Å²) in [5.41, 5.74) is 5.20. The molecule has 0 bridgehead atoms. The summed E-state index contributed by atoms with van der Waals surface area (Å²) in [5.74, 6) is 0.289. The number of fused-ring (bicyclic) bond motifs is 1. The number of hydrogen-bond donors (Lipinski definition) is 1. The van der Waals surface area contributed by atoms with Crippen molar-refractivity contribution in [3.05, 3.63) is 93.8 Å². The number of nitrogens with one attached hydrogen (secondary N) is 1. The molecule has 0 aliphatic rings. The van der Waals surface area contributed by atoms with Crippen molar-refractivity contribution in [1.82, 2.24) is 4.98 Å². The summed E-state index contributed by atoms with van der Waals surface area (Å²) >= 11 is 1.82. The zero-order valence-corrected chi connectivity index (χ0v) is 13.2. The molecule has 2 heteroatoms. The molecule has 108 valence electrons. The summed E-state index contributed by atoms with van der Waals surface area (Å²) in [6.45, 7) is 2.15. The summed E-state index contributed by atoms with van der Waals surface area (Å²) in [6.07, 6.45) is 2.17. The van der Waals surface area contributed by atoms with Crippen molar-refractivity contribution >= 4 is 22.2 Å². The summed E-state index contributed by atoms with van der Waals surface area (Å²) in [7, 11) is 0. The molecule has 4 rings (SSSR count). The van der Waals surface area contributed by atoms with Gasteiger partial charge in [-0.3, -0.25) is 0 Å². The Morgan fingerprint density at radius 1 is 0.955 bits per heavy atom. The Balaban J connectivity index is 1.96. The predicted octanol–water partition coefficient (Wildman–Crippen LogP) is 5.72. The third-order valence-electron chi connectivity index (χ3n) is 4.14. The lowest BCUT2D eigenvalue weighted by atomic mass is 9.89. The van der Waals surface area contributed by atoms with Gasteiger partial charge in [0.15, 0.2) is 0 Å². The quantitative estimate of drug-likeness (QED) is 0.498. The minimum Gasteiger partial charge on any atom is -0.361 e. The fourth-order valence-corrected chi connectivity index (χ4v) is 3.96. The van der Waals surface area contributed by atoms with Crippen molar-refractivity contribution in [2.45, 2.75) is 12.8 Å². The van der Waals surface area contributed by atoms with Crippen LogP contribution in [0.25, 0.3) is 10.9 Å². The second kappa shape index (κ2) is 5.47. The normalized spacial score (nSPS) is 12.6. The molecule has 4 aromatic rings. The van der Waals surface area contributed by atoms with Crippen LogP contribution in [0.4, 0.5) is 0 Å². The summed E-state index contributed by atoms with van der Waals surface area (Å²) in [6, 6.07) is 21.7. The number of rotatable bonds is 3. The number of benzene rings is 2. The third kappa shape index (κ3) is 2.26. The number of thiophene rings is 1. The zero-order valence-electron chi connectivity index (χ0n) is 12.4. The van der Waals surface area contributed by atoms with Gasteiger partial charge in [-0.25, -0.2) is 0 Å². The number of aromatic nitrogens is 1. The van der Waals surface area contributed by atoms with Crippen LogP contribution >= 0.6 is 11.3 Å². The maximum absolute atomic E-state index is 3.43. The molecule has 0 unspecified atom stereocenters. The van der Waals surface area contributed by atoms with Crippen LogP contribution in [0.15, 0.2) is 72.2 Å². The van der Waals surface area contributed by atoms with E-state index in [4.69, 9.17) is 0 Å². The number of hydrogen-bond acceptors (Lipinski definition) is 1. The Morgan fingerprint density at radius 3 is 2.59 bits per heavy atom. The molecule has 1 nitrogen and oxygen atoms in total. The molecular weight excluding hydrogens is 286 g/mol. The number of aromatic amines is 1. The molecular formula is C20H17NS. The minimum absolute atomic E-state index is 0.289. The molecule has 0 radical (unpaired) electrons. The van der Waals surface area contributed by atoms with Crippen LogP contribution in [-0.2, 0) is 0 Å². The van der Waals surface area contributed by atoms with Crippen LogP contribution in [0.2, 0.25) is 0 Å². The lowest BCUT2D eigenvalue weighted by Gasteiger charge is -2.16. The Labute approximate surface area is 134 Å². The van der Waals surface area contributed by atoms with Crippen LogP contribution in [0.5, 0.6) is 0 Å². The molecule has 0 saturated carbocycles. The molecule has 0 amide bonds. The number of aryl methyl sites for hydroxylation is 1. The van der Waals surface area contributed by atoms with Crippen molar-refractivity contribution in [1.29, 1.82) is 0 Å². The molecule has 0 saturated heterocycles. The molecule has 0 fully saturated rings. The van der Waals surface area contributed by atoms with Crippen molar-refractivity contribution < 1.29 is 0 Å². The molecule has 1 N–H and O–H groups in total. The Morgan fingerprint density at radius 2 is 1.82 bits per heavy atom. The highest BCUT2D eigenvalue weighted by Crippen LogP contribution is 2.38. The summed E-state index contributed by atoms with van der Waals surface area (Å²) in [5, 5.41) is 3.48. The van der Waals surface area contributed by atoms with E-state index in [9.17, 15) is 0 Å². The van der Waals surface area contributed by atoms with Gasteiger partial charge in [0, 0.05) is 27.9 Å². The van der Waals surface area contributed by atoms with Crippen molar-refractivity contribution in [2.24, 2.45) is 0 Å². The Hall–Kier alpha value is -2.32. The Kier molecular flexibility index (Phi) is 3.32. The zero-order chi connectivity index (χ0) is 14.9. The van der Waals surface area contributed by atoms with E-state index in [0.717, 1.165) is 0 Å². The topological polar surface area (TPSA) is 15.8 Å². The Bertz CT molecular complexity index is 888. The maximum atomic E-state index is 3.43. The highest BCUT2D eigenvalue weighted by molar-refractivity contribution is 7.10. The highest BCUT2D eigenvalue weighted by Gasteiger charge is 2.20. The van der Waals surface area contributed by atoms with E-state index >= 15 is 0 Å². The van der Waals surface area contributed by atoms with Gasteiger partial charge in [0.1, 0.15) is 0 Å². The van der Waals surface area contributed by atoms with Crippen LogP contribution < -0.4 is 0 Å². The van der Waals surface area contributed by atoms with Gasteiger partial charge in [0.05, 0.1) is 0 Å². The van der Waals surface area contributed by atoms with Gasteiger partial charge < -0.3 is 4.98 Å². The van der Waals surface area contributed by atoms with Crippen LogP contribution in [-0.4, -0.2) is 4.98 Å². The van der Waals surface area contributed by atoms with Gasteiger partial charge in [-0.15, -0.1) is 11.3 Å². The van der Waals surface area contributed by atoms with E-state index < -0.39 is 0 Å². The maximum Gasteiger partial charge on any atom is 0.0457 e. The molecule has 0 aliphatic heterocycles. The SMILES string of the molecule is Cc1ccc2[nH]cc([C@H](c3ccccc3)c3cccs3)c2c1. The average molecular weight is 303 g/mol. The molecule has 1 atom stereocenters. The van der Waals surface area contributed by atoms with E-state index in [2.05, 4.69) is 84.1 Å². The first-order valence-electron chi connectivity index (χ1n) is 7.49. The first-order chi connectivity index (χ1) is 10.8. The molecule has 2 aromatic heterocycles. The van der Waals surface area contributed by atoms with Gasteiger partial charge in [-0.1, -0.05) is 48.0 Å². The van der Waals surface area contributed by atoms with Crippen molar-refractivity contribution in [2.75, 3.05) is 0 Å². The second-order valence-electron chi connectivity index (χ2n) is 5.65. The molecule has 22 heavy (non-hydrogen) atoms. The smallest absolute Gasteiger partial charge is 0.0457 e. The lowest BCUT2D eigenvalue weighted by molar-refractivity contribution is 1.02. The van der Waals surface area contributed by atoms with Crippen LogP contribution in [0, 0.1) is 6.92 Å². The highest BCUT2D eigenvalue weighted by atomic mass is 32.1. The van der Waals surface area contributed by atoms with Gasteiger partial charge >= 0.3 is 0 Å². The van der Waals surface area contributed by atoms with E-state index in [-0.39, 0.29) is 5.92 Å². The fraction of sp³-hybridized carbons (Fsp3) is 0.100. The molecule has 2 aromatic carbocycles. The standard InChI is InChI=1S/C20H17NS/c1-14-9-10-18-16(12-14)17(13-21-18)20(19-8-5-11-22-19)15-6-3-2-4-7-15/h2-13,20-21H,1H3/t20-/m0/s1. The van der Waals surface area contributed by atoms with E-state index in [1.54, 1.807) is 0 Å². The largest absolute Gasteiger partial charge is 0.361 e. The molecule has 0 spiro atoms. The summed E-state index contributed by atoms with van der Waals surface area (Å²) < 4.78 is 0. The van der Waals surface area contributed by atoms with Crippen molar-refractivity contribution in [3.63, 3.8) is 0 Å². The van der Waals surface area contributed by atoms with Crippen LogP contribution in [0.3, 0.4) is 0 Å². The molecule has 0 aliphatic carbocycles. The molecule has 2 heterocycles. The van der Waals surface area contributed by atoms with E-state index in [0.29, 0.717) is 0 Å². The predicted molar refractivity (Wildman–Crippen MR) is 94.7 cm³/mol. The minimum atomic E-state index is 0.289. The monoisotopic (exact) mass is 303 g/mol. The van der Waals surface area contributed by atoms with Gasteiger partial charge in [-0.2, -0.15) is 0 Å². The van der Waals surface area contributed by atoms with Gasteiger partial charge in [0.2, 0.25) is 0 Å². The van der Waals surface area contributed by atoms with E-state index in [1.165, 1.54) is 32.5 Å². The first kappa shape index (κ1) is 13.4.